The van der Waals surface area contributed by atoms with Gasteiger partial charge >= 0.3 is 0 Å². The molecule has 2 aromatic carbocycles. The third-order valence-electron chi connectivity index (χ3n) is 2.97. The maximum Gasteiger partial charge on any atom is 0.124 e. The number of rotatable bonds is 4. The molecule has 0 saturated heterocycles. The first kappa shape index (κ1) is 14.9. The zero-order chi connectivity index (χ0) is 14.7. The zero-order valence-corrected chi connectivity index (χ0v) is 12.6. The minimum absolute atomic E-state index is 0.118. The molecule has 0 fully saturated rings. The van der Waals surface area contributed by atoms with Crippen LogP contribution in [0.2, 0.25) is 10.0 Å². The average Bonchev–Trinajstić information content (AvgIpc) is 2.41. The highest BCUT2D eigenvalue weighted by molar-refractivity contribution is 6.33. The number of ether oxygens (including phenoxy) is 1. The fourth-order valence-electron chi connectivity index (χ4n) is 1.91. The van der Waals surface area contributed by atoms with E-state index in [0.717, 1.165) is 11.3 Å². The van der Waals surface area contributed by atoms with Gasteiger partial charge in [0.15, 0.2) is 0 Å². The largest absolute Gasteiger partial charge is 0.497 e. The van der Waals surface area contributed by atoms with Crippen LogP contribution in [0.1, 0.15) is 18.5 Å². The molecule has 0 spiro atoms. The Hall–Kier alpha value is -1.45. The van der Waals surface area contributed by atoms with Crippen molar-refractivity contribution in [1.29, 1.82) is 0 Å². The number of methoxy groups -OCH3 is 1. The molecule has 5 heteroatoms. The Morgan fingerprint density at radius 1 is 1.10 bits per heavy atom. The van der Waals surface area contributed by atoms with Crippen LogP contribution in [0.5, 0.6) is 5.75 Å². The quantitative estimate of drug-likeness (QED) is 0.825. The van der Waals surface area contributed by atoms with Crippen molar-refractivity contribution in [1.82, 2.24) is 0 Å². The molecule has 2 rings (SSSR count). The third-order valence-corrected chi connectivity index (χ3v) is 3.63. The summed E-state index contributed by atoms with van der Waals surface area (Å²) in [4.78, 5) is 0. The summed E-state index contributed by atoms with van der Waals surface area (Å²) in [5.74, 6) is 0.347. The van der Waals surface area contributed by atoms with E-state index in [1.54, 1.807) is 31.4 Å². The Labute approximate surface area is 127 Å². The molecule has 0 aromatic heterocycles. The monoisotopic (exact) mass is 313 g/mol. The smallest absolute Gasteiger partial charge is 0.124 e. The van der Waals surface area contributed by atoms with Gasteiger partial charge in [0.2, 0.25) is 0 Å². The molecular weight excluding hydrogens is 300 g/mol. The van der Waals surface area contributed by atoms with Gasteiger partial charge in [0.1, 0.15) is 11.6 Å². The van der Waals surface area contributed by atoms with E-state index in [1.165, 1.54) is 12.1 Å². The highest BCUT2D eigenvalue weighted by Crippen LogP contribution is 2.32. The van der Waals surface area contributed by atoms with Crippen molar-refractivity contribution in [3.8, 4) is 5.75 Å². The molecule has 2 aromatic rings. The molecule has 2 nitrogen and oxygen atoms in total. The summed E-state index contributed by atoms with van der Waals surface area (Å²) < 4.78 is 18.2. The first-order chi connectivity index (χ1) is 9.51. The SMILES string of the molecule is COc1ccc(Cl)c(NC(C)c2ccc(F)cc2Cl)c1. The predicted octanol–water partition coefficient (Wildman–Crippen LogP) is 5.31. The van der Waals surface area contributed by atoms with Gasteiger partial charge in [-0.1, -0.05) is 29.3 Å². The molecule has 0 radical (unpaired) electrons. The average molecular weight is 314 g/mol. The predicted molar refractivity (Wildman–Crippen MR) is 81.5 cm³/mol. The molecule has 0 heterocycles. The van der Waals surface area contributed by atoms with E-state index >= 15 is 0 Å². The van der Waals surface area contributed by atoms with E-state index in [9.17, 15) is 4.39 Å². The summed E-state index contributed by atoms with van der Waals surface area (Å²) >= 11 is 12.2. The van der Waals surface area contributed by atoms with Crippen molar-refractivity contribution in [2.24, 2.45) is 0 Å². The second-order valence-electron chi connectivity index (χ2n) is 4.38. The molecule has 20 heavy (non-hydrogen) atoms. The van der Waals surface area contributed by atoms with Gasteiger partial charge < -0.3 is 10.1 Å². The summed E-state index contributed by atoms with van der Waals surface area (Å²) in [5, 5.41) is 4.20. The molecule has 0 bridgehead atoms. The van der Waals surface area contributed by atoms with Gasteiger partial charge in [-0.2, -0.15) is 0 Å². The van der Waals surface area contributed by atoms with Crippen molar-refractivity contribution in [3.63, 3.8) is 0 Å². The lowest BCUT2D eigenvalue weighted by atomic mass is 10.1. The number of nitrogens with one attached hydrogen (secondary N) is 1. The molecule has 1 atom stereocenters. The first-order valence-electron chi connectivity index (χ1n) is 6.06. The summed E-state index contributed by atoms with van der Waals surface area (Å²) in [6.45, 7) is 1.93. The van der Waals surface area contributed by atoms with Crippen LogP contribution in [0, 0.1) is 5.82 Å². The number of benzene rings is 2. The maximum absolute atomic E-state index is 13.1. The number of anilines is 1. The lowest BCUT2D eigenvalue weighted by Gasteiger charge is -2.18. The fourth-order valence-corrected chi connectivity index (χ4v) is 2.41. The highest BCUT2D eigenvalue weighted by Gasteiger charge is 2.12. The summed E-state index contributed by atoms with van der Waals surface area (Å²) in [6, 6.07) is 9.55. The van der Waals surface area contributed by atoms with Crippen LogP contribution in [0.15, 0.2) is 36.4 Å². The Morgan fingerprint density at radius 2 is 1.85 bits per heavy atom. The molecule has 0 aliphatic heterocycles. The molecule has 1 unspecified atom stereocenters. The molecule has 0 aliphatic carbocycles. The van der Waals surface area contributed by atoms with Gasteiger partial charge in [-0.25, -0.2) is 4.39 Å². The fraction of sp³-hybridized carbons (Fsp3) is 0.200. The van der Waals surface area contributed by atoms with Crippen molar-refractivity contribution < 1.29 is 9.13 Å². The Kier molecular flexibility index (Phi) is 4.73. The second-order valence-corrected chi connectivity index (χ2v) is 5.19. The van der Waals surface area contributed by atoms with E-state index in [4.69, 9.17) is 27.9 Å². The minimum atomic E-state index is -0.356. The van der Waals surface area contributed by atoms with Crippen LogP contribution in [-0.2, 0) is 0 Å². The van der Waals surface area contributed by atoms with Gasteiger partial charge in [-0.15, -0.1) is 0 Å². The van der Waals surface area contributed by atoms with Crippen LogP contribution in [0.4, 0.5) is 10.1 Å². The topological polar surface area (TPSA) is 21.3 Å². The van der Waals surface area contributed by atoms with Crippen LogP contribution in [0.25, 0.3) is 0 Å². The Balaban J connectivity index is 2.25. The summed E-state index contributed by atoms with van der Waals surface area (Å²) in [5.41, 5.74) is 1.53. The van der Waals surface area contributed by atoms with Crippen molar-refractivity contribution >= 4 is 28.9 Å². The molecule has 0 aliphatic rings. The maximum atomic E-state index is 13.1. The van der Waals surface area contributed by atoms with Gasteiger partial charge in [-0.3, -0.25) is 0 Å². The summed E-state index contributed by atoms with van der Waals surface area (Å²) in [6.07, 6.45) is 0. The van der Waals surface area contributed by atoms with Crippen LogP contribution < -0.4 is 10.1 Å². The molecular formula is C15H14Cl2FNO. The minimum Gasteiger partial charge on any atom is -0.497 e. The van der Waals surface area contributed by atoms with E-state index in [1.807, 2.05) is 6.92 Å². The van der Waals surface area contributed by atoms with E-state index in [2.05, 4.69) is 5.32 Å². The lowest BCUT2D eigenvalue weighted by Crippen LogP contribution is -2.08. The number of halogens is 3. The lowest BCUT2D eigenvalue weighted by molar-refractivity contribution is 0.415. The normalized spacial score (nSPS) is 12.1. The van der Waals surface area contributed by atoms with Crippen LogP contribution in [-0.4, -0.2) is 7.11 Å². The first-order valence-corrected chi connectivity index (χ1v) is 6.82. The van der Waals surface area contributed by atoms with Crippen molar-refractivity contribution in [3.05, 3.63) is 57.8 Å². The van der Waals surface area contributed by atoms with Crippen LogP contribution >= 0.6 is 23.2 Å². The van der Waals surface area contributed by atoms with Gasteiger partial charge in [-0.05, 0) is 36.8 Å². The van der Waals surface area contributed by atoms with Gasteiger partial charge in [0.05, 0.1) is 23.9 Å². The van der Waals surface area contributed by atoms with Gasteiger partial charge in [0, 0.05) is 11.1 Å². The molecule has 0 saturated carbocycles. The standard InChI is InChI=1S/C15H14Cl2FNO/c1-9(12-5-3-10(18)7-14(12)17)19-15-8-11(20-2)4-6-13(15)16/h3-9,19H,1-2H3. The highest BCUT2D eigenvalue weighted by atomic mass is 35.5. The zero-order valence-electron chi connectivity index (χ0n) is 11.1. The van der Waals surface area contributed by atoms with E-state index in [-0.39, 0.29) is 11.9 Å². The molecule has 106 valence electrons. The number of hydrogen-bond acceptors (Lipinski definition) is 2. The van der Waals surface area contributed by atoms with Gasteiger partial charge in [0.25, 0.3) is 0 Å². The van der Waals surface area contributed by atoms with E-state index in [0.29, 0.717) is 15.8 Å². The summed E-state index contributed by atoms with van der Waals surface area (Å²) in [7, 11) is 1.59. The molecule has 1 N–H and O–H groups in total. The van der Waals surface area contributed by atoms with Crippen LogP contribution in [0.3, 0.4) is 0 Å². The second kappa shape index (κ2) is 6.33. The van der Waals surface area contributed by atoms with E-state index < -0.39 is 0 Å². The number of hydrogen-bond donors (Lipinski definition) is 1. The third kappa shape index (κ3) is 3.35. The Bertz CT molecular complexity index is 619. The van der Waals surface area contributed by atoms with Crippen molar-refractivity contribution in [2.75, 3.05) is 12.4 Å². The van der Waals surface area contributed by atoms with Crippen molar-refractivity contribution in [2.45, 2.75) is 13.0 Å². The Morgan fingerprint density at radius 3 is 2.50 bits per heavy atom. The molecule has 0 amide bonds.